The molecule has 628 valence electrons. The van der Waals surface area contributed by atoms with Gasteiger partial charge >= 0.3 is 18.2 Å². The summed E-state index contributed by atoms with van der Waals surface area (Å²) < 4.78 is 88.1. The highest BCUT2D eigenvalue weighted by atomic mass is 35.5. The van der Waals surface area contributed by atoms with E-state index in [1.165, 1.54) is 22.0 Å². The summed E-state index contributed by atoms with van der Waals surface area (Å²) in [5, 5.41) is 31.5. The van der Waals surface area contributed by atoms with Crippen molar-refractivity contribution >= 4 is 155 Å². The number of carboxylic acids is 1. The zero-order chi connectivity index (χ0) is 86.4. The maximum Gasteiger partial charge on any atom is 0.408 e. The third-order valence-electron chi connectivity index (χ3n) is 20.2. The molecule has 2 aliphatic carbocycles. The van der Waals surface area contributed by atoms with E-state index in [1.807, 2.05) is 24.3 Å². The number of rotatable bonds is 21. The number of halogens is 2. The molecular weight excluding hydrogens is 1630 g/mol. The summed E-state index contributed by atoms with van der Waals surface area (Å²) in [4.78, 5) is 121. The Morgan fingerprint density at radius 3 is 1.33 bits per heavy atom. The van der Waals surface area contributed by atoms with Crippen LogP contribution in [-0.4, -0.2) is 175 Å². The molecule has 4 fully saturated rings. The van der Waals surface area contributed by atoms with Crippen LogP contribution in [-0.2, 0) is 58.3 Å². The fourth-order valence-electron chi connectivity index (χ4n) is 14.0. The Bertz CT molecular complexity index is 5500. The van der Waals surface area contributed by atoms with Crippen LogP contribution in [0.4, 0.5) is 9.59 Å². The fraction of sp³-hybridized carbons (Fsp3) is 0.439. The number of likely N-dealkylation sites (tertiary alicyclic amines) is 2. The molecule has 2 aliphatic heterocycles. The number of nitrogens with zero attached hydrogens (tertiary/aromatic N) is 4. The van der Waals surface area contributed by atoms with Gasteiger partial charge in [0.2, 0.25) is 45.4 Å². The van der Waals surface area contributed by atoms with Crippen LogP contribution in [0.3, 0.4) is 0 Å². The number of pyridine rings is 2. The number of alkyl carbamates (subject to hydrolysis) is 2. The quantitative estimate of drug-likeness (QED) is 0.0329. The zero-order valence-electron chi connectivity index (χ0n) is 67.7. The second kappa shape index (κ2) is 34.2. The fourth-order valence-corrected chi connectivity index (χ4v) is 19.6. The molecule has 4 aromatic heterocycles. The van der Waals surface area contributed by atoms with Crippen LogP contribution >= 0.6 is 45.9 Å². The minimum absolute atomic E-state index is 0.00131. The molecule has 12 rings (SSSR count). The number of ether oxygens (including phenoxy) is 6. The lowest BCUT2D eigenvalue weighted by atomic mass is 9.85. The number of carbonyl (C=O) groups excluding carboxylic acids is 7. The number of nitrogens with two attached hydrogens (primary N) is 1. The normalized spacial score (nSPS) is 21.1. The summed E-state index contributed by atoms with van der Waals surface area (Å²) in [6.07, 6.45) is 3.47. The van der Waals surface area contributed by atoms with Gasteiger partial charge in [0.15, 0.2) is 0 Å². The largest absolute Gasteiger partial charge is 0.497 e. The summed E-state index contributed by atoms with van der Waals surface area (Å²) >= 11 is 14.1. The van der Waals surface area contributed by atoms with E-state index < -0.39 is 149 Å². The number of aryl methyl sites for hydroxylation is 2. The molecule has 2 saturated heterocycles. The second-order valence-electron chi connectivity index (χ2n) is 33.4. The van der Waals surface area contributed by atoms with Crippen LogP contribution < -0.4 is 50.1 Å². The van der Waals surface area contributed by atoms with Crippen molar-refractivity contribution in [1.29, 1.82) is 0 Å². The molecule has 8 N–H and O–H groups in total. The number of thiophene rings is 2. The van der Waals surface area contributed by atoms with Crippen molar-refractivity contribution in [2.75, 3.05) is 27.3 Å². The minimum atomic E-state index is -4.40. The van der Waals surface area contributed by atoms with Gasteiger partial charge in [0.25, 0.3) is 15.9 Å². The maximum absolute atomic E-state index is 14.6. The molecule has 0 radical (unpaired) electrons. The van der Waals surface area contributed by atoms with E-state index in [1.54, 1.807) is 184 Å². The van der Waals surface area contributed by atoms with Gasteiger partial charge < -0.3 is 64.6 Å². The number of primary sulfonamides is 1. The van der Waals surface area contributed by atoms with Crippen molar-refractivity contribution in [3.63, 3.8) is 0 Å². The Morgan fingerprint density at radius 1 is 0.581 bits per heavy atom. The van der Waals surface area contributed by atoms with Crippen LogP contribution in [0.5, 0.6) is 23.3 Å². The van der Waals surface area contributed by atoms with Gasteiger partial charge in [-0.3, -0.25) is 24.0 Å². The van der Waals surface area contributed by atoms with Gasteiger partial charge in [-0.1, -0.05) is 89.0 Å². The predicted molar refractivity (Wildman–Crippen MR) is 447 cm³/mol. The molecule has 2 saturated carbocycles. The van der Waals surface area contributed by atoms with Crippen molar-refractivity contribution in [3.8, 4) is 23.3 Å². The van der Waals surface area contributed by atoms with Crippen molar-refractivity contribution in [1.82, 2.24) is 45.8 Å². The number of benzene rings is 4. The first kappa shape index (κ1) is 89.4. The van der Waals surface area contributed by atoms with E-state index >= 15 is 0 Å². The number of methoxy groups -OCH3 is 2. The van der Waals surface area contributed by atoms with Gasteiger partial charge in [-0.05, 0) is 185 Å². The molecule has 29 nitrogen and oxygen atoms in total. The predicted octanol–water partition coefficient (Wildman–Crippen LogP) is 12.5. The summed E-state index contributed by atoms with van der Waals surface area (Å²) in [5.74, 6) is -3.73. The topological polar surface area (TPSA) is 399 Å². The number of nitrogens with one attached hydrogen (secondary N) is 5. The van der Waals surface area contributed by atoms with E-state index in [0.717, 1.165) is 48.9 Å². The molecule has 0 bridgehead atoms. The van der Waals surface area contributed by atoms with Crippen molar-refractivity contribution in [3.05, 3.63) is 144 Å². The van der Waals surface area contributed by atoms with Gasteiger partial charge in [0.05, 0.1) is 27.3 Å². The van der Waals surface area contributed by atoms with Crippen LogP contribution in [0.15, 0.2) is 131 Å². The number of hydrogen-bond acceptors (Lipinski definition) is 22. The standard InChI is InChI=1S/C41H48ClN5O9S2.C32H42N4O8.C9H8ClNO2S2/c1-10-24-20-41(24,37(50)46-58(52,53)36-22(2)28-13-11-25(42)18-31(28)57-36)45-33(48)30-19-27(55-34-29-14-12-26(54-9)17-23(29)15-16-43-34)21-47(30)35(49)32(39(3,4)5)44-38(51)56-40(6,7)8;1-9-19-16-32(19,28(39)40)35-25(37)23-15-21(43-26-22-11-10-20(42-8)14-18(22)12-13-33-26)17-36(23)27(38)24(30(2,3)4)34-29(41)44-31(5,6)7;1-5-7-3-2-6(10)4-8(7)14-9(5)15(11,12)13/h10-18,24,27,30,32H,1,19-21H2,2-9H3,(H,44,51)(H,45,48)(H,46,50);9-14,19,21,23-24H,1,15-17H2,2-8H3,(H,34,41)(H,35,37)(H,39,40);2-4H,1H3,(H2,11,12,13)/t24-,27?,30+,32-,41-;19-,21?,23+,24-,32-;/m11./s1. The third kappa shape index (κ3) is 20.5. The van der Waals surface area contributed by atoms with Crippen LogP contribution in [0.25, 0.3) is 41.7 Å². The van der Waals surface area contributed by atoms with Gasteiger partial charge in [-0.15, -0.1) is 35.8 Å². The Morgan fingerprint density at radius 2 is 0.966 bits per heavy atom. The smallest absolute Gasteiger partial charge is 0.408 e. The number of carboxylic acid groups (broad SMARTS) is 1. The molecule has 6 heterocycles. The lowest BCUT2D eigenvalue weighted by Gasteiger charge is -2.36. The molecule has 4 aliphatic rings. The summed E-state index contributed by atoms with van der Waals surface area (Å²) in [6.45, 7) is 31.7. The lowest BCUT2D eigenvalue weighted by molar-refractivity contribution is -0.146. The highest BCUT2D eigenvalue weighted by Crippen LogP contribution is 2.48. The number of amides is 7. The summed E-state index contributed by atoms with van der Waals surface area (Å²) in [7, 11) is -4.89. The molecule has 2 unspecified atom stereocenters. The molecule has 10 atom stereocenters. The second-order valence-corrected chi connectivity index (χ2v) is 40.0. The Hall–Kier alpha value is -9.90. The van der Waals surface area contributed by atoms with Gasteiger partial charge in [0.1, 0.15) is 78.6 Å². The highest BCUT2D eigenvalue weighted by Gasteiger charge is 2.63. The van der Waals surface area contributed by atoms with Crippen molar-refractivity contribution in [2.24, 2.45) is 27.8 Å². The first-order valence-corrected chi connectivity index (χ1v) is 42.8. The number of carbonyl (C=O) groups is 8. The number of sulfonamides is 2. The molecule has 117 heavy (non-hydrogen) atoms. The maximum atomic E-state index is 14.6. The number of fused-ring (bicyclic) bond motifs is 4. The van der Waals surface area contributed by atoms with Gasteiger partial charge in [0, 0.05) is 67.3 Å². The summed E-state index contributed by atoms with van der Waals surface area (Å²) in [6, 6.07) is 20.3. The third-order valence-corrected chi connectivity index (χ3v) is 26.7. The van der Waals surface area contributed by atoms with Gasteiger partial charge in [-0.2, -0.15) is 0 Å². The summed E-state index contributed by atoms with van der Waals surface area (Å²) in [5.41, 5.74) is -5.28. The van der Waals surface area contributed by atoms with Crippen molar-refractivity contribution < 1.29 is 88.7 Å². The Balaban J connectivity index is 0.000000214. The van der Waals surface area contributed by atoms with Crippen LogP contribution in [0.2, 0.25) is 10.0 Å². The first-order valence-electron chi connectivity index (χ1n) is 37.3. The van der Waals surface area contributed by atoms with E-state index in [4.69, 9.17) is 56.8 Å². The lowest BCUT2D eigenvalue weighted by Crippen LogP contribution is -2.60. The average Bonchev–Trinajstić information content (AvgIpc) is 1.58. The van der Waals surface area contributed by atoms with Gasteiger partial charge in [-0.25, -0.2) is 51.0 Å². The van der Waals surface area contributed by atoms with Crippen LogP contribution in [0.1, 0.15) is 120 Å². The molecule has 8 aromatic rings. The minimum Gasteiger partial charge on any atom is -0.497 e. The van der Waals surface area contributed by atoms with E-state index in [0.29, 0.717) is 54.0 Å². The number of aliphatic carboxylic acids is 1. The number of hydrogen-bond donors (Lipinski definition) is 7. The Labute approximate surface area is 697 Å². The van der Waals surface area contributed by atoms with E-state index in [9.17, 15) is 60.3 Å². The van der Waals surface area contributed by atoms with E-state index in [-0.39, 0.29) is 53.1 Å². The SMILES string of the molecule is C=C[C@@H]1C[C@]1(NC(=O)[C@@H]1CC(Oc2nccc3cc(OC)ccc23)CN1C(=O)[C@@H](NC(=O)OC(C)(C)C)C(C)(C)C)C(=O)NS(=O)(=O)c1sc2cc(Cl)ccc2c1C.C=C[C@@H]1C[C@]1(NC(=O)[C@@H]1CC(Oc2nccc3cc(OC)ccc23)CN1C(=O)[C@@H](NC(=O)OC(C)(C)C)C(C)(C)C)C(=O)O.Cc1c(S(N)(=O)=O)sc2cc(Cl)ccc12. The first-order chi connectivity index (χ1) is 54.4. The van der Waals surface area contributed by atoms with Crippen LogP contribution in [0, 0.1) is 36.5 Å². The molecule has 7 amide bonds. The molecule has 4 aromatic carbocycles. The molecular formula is C82H98Cl2N10O19S4. The monoisotopic (exact) mass is 1720 g/mol. The van der Waals surface area contributed by atoms with Crippen molar-refractivity contribution in [2.45, 2.75) is 190 Å². The number of aromatic nitrogens is 2. The zero-order valence-corrected chi connectivity index (χ0v) is 72.5. The van der Waals surface area contributed by atoms with E-state index in [2.05, 4.69) is 49.1 Å². The molecule has 0 spiro atoms. The Kier molecular flexibility index (Phi) is 26.2. The molecule has 35 heteroatoms. The average molecular weight is 1730 g/mol. The highest BCUT2D eigenvalue weighted by molar-refractivity contribution is 7.92.